The SMILES string of the molecule is CCCCCc1ccc(CCc2ccc(-c3ccc([C@H]4CC[C@H](CC)CC4)cc3F)cc2)cc1. The third kappa shape index (κ3) is 6.59. The van der Waals surface area contributed by atoms with E-state index < -0.39 is 0 Å². The van der Waals surface area contributed by atoms with Gasteiger partial charge in [0.25, 0.3) is 0 Å². The molecule has 0 saturated heterocycles. The zero-order chi connectivity index (χ0) is 23.8. The molecule has 1 heteroatoms. The zero-order valence-electron chi connectivity index (χ0n) is 21.2. The van der Waals surface area contributed by atoms with E-state index >= 15 is 4.39 Å². The number of halogens is 1. The minimum absolute atomic E-state index is 0.0816. The Morgan fingerprint density at radius 3 is 1.82 bits per heavy atom. The molecule has 0 atom stereocenters. The van der Waals surface area contributed by atoms with Crippen LogP contribution in [0.25, 0.3) is 11.1 Å². The van der Waals surface area contributed by atoms with Crippen molar-refractivity contribution in [2.75, 3.05) is 0 Å². The maximum Gasteiger partial charge on any atom is 0.131 e. The van der Waals surface area contributed by atoms with Crippen LogP contribution in [0.3, 0.4) is 0 Å². The number of hydrogen-bond donors (Lipinski definition) is 0. The van der Waals surface area contributed by atoms with Gasteiger partial charge in [-0.25, -0.2) is 4.39 Å². The molecule has 4 rings (SSSR count). The molecule has 0 N–H and O–H groups in total. The first-order chi connectivity index (χ1) is 16.7. The second-order valence-corrected chi connectivity index (χ2v) is 10.3. The van der Waals surface area contributed by atoms with Gasteiger partial charge in [-0.05, 0) is 97.1 Å². The average molecular weight is 457 g/mol. The van der Waals surface area contributed by atoms with E-state index in [9.17, 15) is 0 Å². The first-order valence-corrected chi connectivity index (χ1v) is 13.6. The van der Waals surface area contributed by atoms with Crippen LogP contribution in [0.1, 0.15) is 93.4 Å². The molecule has 3 aromatic carbocycles. The van der Waals surface area contributed by atoms with Crippen molar-refractivity contribution in [3.8, 4) is 11.1 Å². The monoisotopic (exact) mass is 456 g/mol. The standard InChI is InChI=1S/C33H41F/c1-3-5-6-7-26-8-10-27(11-9-26)12-13-28-16-20-30(21-17-28)32-23-22-31(24-33(32)34)29-18-14-25(4-2)15-19-29/h8-11,16-17,20-25,29H,3-7,12-15,18-19H2,1-2H3/t25-,29-. The highest BCUT2D eigenvalue weighted by Gasteiger charge is 2.22. The van der Waals surface area contributed by atoms with Crippen molar-refractivity contribution >= 4 is 0 Å². The van der Waals surface area contributed by atoms with Crippen LogP contribution < -0.4 is 0 Å². The number of rotatable bonds is 10. The molecule has 0 bridgehead atoms. The molecule has 1 saturated carbocycles. The quantitative estimate of drug-likeness (QED) is 0.266. The topological polar surface area (TPSA) is 0 Å². The second kappa shape index (κ2) is 12.3. The normalized spacial score (nSPS) is 18.2. The van der Waals surface area contributed by atoms with E-state index in [4.69, 9.17) is 0 Å². The van der Waals surface area contributed by atoms with Crippen LogP contribution in [0.5, 0.6) is 0 Å². The van der Waals surface area contributed by atoms with Gasteiger partial charge in [-0.3, -0.25) is 0 Å². The van der Waals surface area contributed by atoms with E-state index in [-0.39, 0.29) is 5.82 Å². The van der Waals surface area contributed by atoms with Crippen LogP contribution in [-0.2, 0) is 19.3 Å². The molecule has 1 fully saturated rings. The molecule has 3 aromatic rings. The fourth-order valence-electron chi connectivity index (χ4n) is 5.51. The molecule has 0 amide bonds. The van der Waals surface area contributed by atoms with Crippen molar-refractivity contribution in [3.63, 3.8) is 0 Å². The van der Waals surface area contributed by atoms with Crippen molar-refractivity contribution in [2.45, 2.75) is 90.4 Å². The van der Waals surface area contributed by atoms with Crippen LogP contribution >= 0.6 is 0 Å². The molecular formula is C33H41F. The van der Waals surface area contributed by atoms with E-state index in [2.05, 4.69) is 68.4 Å². The van der Waals surface area contributed by atoms with Gasteiger partial charge in [0.05, 0.1) is 0 Å². The molecule has 34 heavy (non-hydrogen) atoms. The van der Waals surface area contributed by atoms with Crippen molar-refractivity contribution in [1.82, 2.24) is 0 Å². The Labute approximate surface area is 206 Å². The van der Waals surface area contributed by atoms with Gasteiger partial charge in [0.1, 0.15) is 5.82 Å². The number of aryl methyl sites for hydroxylation is 3. The Morgan fingerprint density at radius 2 is 1.26 bits per heavy atom. The summed E-state index contributed by atoms with van der Waals surface area (Å²) in [5, 5.41) is 0. The molecule has 180 valence electrons. The van der Waals surface area contributed by atoms with Gasteiger partial charge in [-0.15, -0.1) is 0 Å². The lowest BCUT2D eigenvalue weighted by molar-refractivity contribution is 0.318. The van der Waals surface area contributed by atoms with Gasteiger partial charge in [0, 0.05) is 5.56 Å². The molecule has 0 aliphatic heterocycles. The lowest BCUT2D eigenvalue weighted by atomic mass is 9.77. The van der Waals surface area contributed by atoms with Gasteiger partial charge >= 0.3 is 0 Å². The van der Waals surface area contributed by atoms with Crippen LogP contribution in [0.4, 0.5) is 4.39 Å². The predicted molar refractivity (Wildman–Crippen MR) is 144 cm³/mol. The highest BCUT2D eigenvalue weighted by molar-refractivity contribution is 5.65. The van der Waals surface area contributed by atoms with Gasteiger partial charge in [-0.1, -0.05) is 93.8 Å². The van der Waals surface area contributed by atoms with Gasteiger partial charge in [0.15, 0.2) is 0 Å². The van der Waals surface area contributed by atoms with Crippen molar-refractivity contribution in [1.29, 1.82) is 0 Å². The van der Waals surface area contributed by atoms with Crippen molar-refractivity contribution < 1.29 is 4.39 Å². The van der Waals surface area contributed by atoms with E-state index in [1.54, 1.807) is 6.07 Å². The summed E-state index contributed by atoms with van der Waals surface area (Å²) in [6, 6.07) is 23.6. The minimum Gasteiger partial charge on any atom is -0.206 e. The van der Waals surface area contributed by atoms with E-state index in [0.29, 0.717) is 5.92 Å². The largest absolute Gasteiger partial charge is 0.206 e. The highest BCUT2D eigenvalue weighted by atomic mass is 19.1. The van der Waals surface area contributed by atoms with Crippen LogP contribution in [0.15, 0.2) is 66.7 Å². The average Bonchev–Trinajstić information content (AvgIpc) is 2.89. The Kier molecular flexibility index (Phi) is 8.97. The summed E-state index contributed by atoms with van der Waals surface area (Å²) >= 11 is 0. The van der Waals surface area contributed by atoms with Crippen molar-refractivity contribution in [3.05, 3.63) is 94.8 Å². The zero-order valence-corrected chi connectivity index (χ0v) is 21.2. The molecule has 1 aliphatic carbocycles. The highest BCUT2D eigenvalue weighted by Crippen LogP contribution is 2.38. The maximum absolute atomic E-state index is 15.0. The number of benzene rings is 3. The fraction of sp³-hybridized carbons (Fsp3) is 0.455. The summed E-state index contributed by atoms with van der Waals surface area (Å²) in [6.45, 7) is 4.54. The molecular weight excluding hydrogens is 415 g/mol. The molecule has 0 radical (unpaired) electrons. The lowest BCUT2D eigenvalue weighted by Crippen LogP contribution is -2.12. The summed E-state index contributed by atoms with van der Waals surface area (Å²) in [5.41, 5.74) is 7.01. The van der Waals surface area contributed by atoms with Crippen LogP contribution in [-0.4, -0.2) is 0 Å². The van der Waals surface area contributed by atoms with Gasteiger partial charge in [-0.2, -0.15) is 0 Å². The number of hydrogen-bond acceptors (Lipinski definition) is 0. The Hall–Kier alpha value is -2.41. The summed E-state index contributed by atoms with van der Waals surface area (Å²) < 4.78 is 15.0. The van der Waals surface area contributed by atoms with E-state index in [1.165, 1.54) is 80.0 Å². The molecule has 0 heterocycles. The second-order valence-electron chi connectivity index (χ2n) is 10.3. The molecule has 0 nitrogen and oxygen atoms in total. The lowest BCUT2D eigenvalue weighted by Gasteiger charge is -2.28. The molecule has 0 unspecified atom stereocenters. The third-order valence-electron chi connectivity index (χ3n) is 7.95. The first kappa shape index (κ1) is 24.7. The maximum atomic E-state index is 15.0. The Morgan fingerprint density at radius 1 is 0.676 bits per heavy atom. The Bertz CT molecular complexity index is 1010. The van der Waals surface area contributed by atoms with E-state index in [1.807, 2.05) is 6.07 Å². The van der Waals surface area contributed by atoms with Crippen LogP contribution in [0.2, 0.25) is 0 Å². The molecule has 1 aliphatic rings. The Balaban J connectivity index is 1.32. The van der Waals surface area contributed by atoms with Gasteiger partial charge < -0.3 is 0 Å². The van der Waals surface area contributed by atoms with Gasteiger partial charge in [0.2, 0.25) is 0 Å². The fourth-order valence-corrected chi connectivity index (χ4v) is 5.51. The third-order valence-corrected chi connectivity index (χ3v) is 7.95. The smallest absolute Gasteiger partial charge is 0.131 e. The summed E-state index contributed by atoms with van der Waals surface area (Å²) in [4.78, 5) is 0. The summed E-state index contributed by atoms with van der Waals surface area (Å²) in [7, 11) is 0. The molecule has 0 aromatic heterocycles. The van der Waals surface area contributed by atoms with Crippen LogP contribution in [0, 0.1) is 11.7 Å². The minimum atomic E-state index is -0.0816. The summed E-state index contributed by atoms with van der Waals surface area (Å²) in [6.07, 6.45) is 13.4. The first-order valence-electron chi connectivity index (χ1n) is 13.6. The predicted octanol–water partition coefficient (Wildman–Crippen LogP) is 9.69. The van der Waals surface area contributed by atoms with Crippen molar-refractivity contribution in [2.24, 2.45) is 5.92 Å². The summed E-state index contributed by atoms with van der Waals surface area (Å²) in [5.74, 6) is 1.31. The number of unbranched alkanes of at least 4 members (excludes halogenated alkanes) is 2. The van der Waals surface area contributed by atoms with E-state index in [0.717, 1.165) is 29.9 Å². The molecule has 0 spiro atoms.